The number of para-hydroxylation sites is 1. The Kier molecular flexibility index (Phi) is 4.67. The van der Waals surface area contributed by atoms with Gasteiger partial charge in [-0.1, -0.05) is 12.1 Å². The van der Waals surface area contributed by atoms with E-state index in [4.69, 9.17) is 11.6 Å². The lowest BCUT2D eigenvalue weighted by Crippen LogP contribution is -2.30. The predicted molar refractivity (Wildman–Crippen MR) is 80.5 cm³/mol. The third kappa shape index (κ3) is 2.82. The minimum Gasteiger partial charge on any atom is -0.263 e. The number of sulfonamides is 1. The normalized spacial score (nSPS) is 11.6. The minimum absolute atomic E-state index is 0.0517. The molecule has 0 saturated carbocycles. The third-order valence-electron chi connectivity index (χ3n) is 2.74. The summed E-state index contributed by atoms with van der Waals surface area (Å²) in [5.41, 5.74) is 0.788. The lowest BCUT2D eigenvalue weighted by atomic mass is 10.3. The highest BCUT2D eigenvalue weighted by atomic mass is 35.5. The summed E-state index contributed by atoms with van der Waals surface area (Å²) in [5.74, 6) is -0.315. The Bertz CT molecular complexity index is 700. The van der Waals surface area contributed by atoms with E-state index in [1.54, 1.807) is 18.4 Å². The Hall–Kier alpha value is -1.11. The summed E-state index contributed by atoms with van der Waals surface area (Å²) in [7, 11) is -3.76. The van der Waals surface area contributed by atoms with Crippen molar-refractivity contribution in [3.05, 3.63) is 47.1 Å². The fraction of sp³-hybridized carbons (Fsp3) is 0.231. The molecule has 2 rings (SSSR count). The van der Waals surface area contributed by atoms with Crippen molar-refractivity contribution >= 4 is 38.6 Å². The van der Waals surface area contributed by atoms with Crippen molar-refractivity contribution in [1.29, 1.82) is 0 Å². The molecule has 1 aromatic heterocycles. The SMILES string of the molecule is CCN(c1ccccc1F)S(=O)(=O)c1cc(CCl)cs1. The lowest BCUT2D eigenvalue weighted by Gasteiger charge is -2.22. The Morgan fingerprint density at radius 2 is 2.05 bits per heavy atom. The molecule has 0 aliphatic heterocycles. The zero-order valence-electron chi connectivity index (χ0n) is 10.7. The second kappa shape index (κ2) is 6.11. The van der Waals surface area contributed by atoms with E-state index in [1.807, 2.05) is 0 Å². The number of hydrogen-bond donors (Lipinski definition) is 0. The summed E-state index contributed by atoms with van der Waals surface area (Å²) >= 11 is 6.77. The molecular weight excluding hydrogens is 321 g/mol. The maximum absolute atomic E-state index is 13.8. The van der Waals surface area contributed by atoms with Gasteiger partial charge in [0.15, 0.2) is 0 Å². The first-order valence-corrected chi connectivity index (χ1v) is 8.76. The molecule has 0 aliphatic carbocycles. The van der Waals surface area contributed by atoms with Crippen LogP contribution in [0.1, 0.15) is 12.5 Å². The molecule has 7 heteroatoms. The Morgan fingerprint density at radius 1 is 1.35 bits per heavy atom. The van der Waals surface area contributed by atoms with Gasteiger partial charge in [-0.2, -0.15) is 0 Å². The van der Waals surface area contributed by atoms with Crippen molar-refractivity contribution in [3.63, 3.8) is 0 Å². The van der Waals surface area contributed by atoms with Gasteiger partial charge in [-0.15, -0.1) is 22.9 Å². The molecule has 108 valence electrons. The summed E-state index contributed by atoms with van der Waals surface area (Å²) in [5, 5.41) is 1.69. The molecule has 0 atom stereocenters. The van der Waals surface area contributed by atoms with Gasteiger partial charge < -0.3 is 0 Å². The molecule has 1 heterocycles. The first-order chi connectivity index (χ1) is 9.50. The first kappa shape index (κ1) is 15.3. The van der Waals surface area contributed by atoms with E-state index in [9.17, 15) is 12.8 Å². The average molecular weight is 334 g/mol. The molecule has 0 N–H and O–H groups in total. The standard InChI is InChI=1S/C13H13ClFNO2S2/c1-2-16(12-6-4-3-5-11(12)15)20(17,18)13-7-10(8-14)9-19-13/h3-7,9H,2,8H2,1H3. The number of thiophene rings is 1. The van der Waals surface area contributed by atoms with Crippen LogP contribution in [0.2, 0.25) is 0 Å². The molecule has 0 unspecified atom stereocenters. The molecule has 20 heavy (non-hydrogen) atoms. The van der Waals surface area contributed by atoms with Crippen LogP contribution in [0.25, 0.3) is 0 Å². The highest BCUT2D eigenvalue weighted by molar-refractivity contribution is 7.94. The fourth-order valence-corrected chi connectivity index (χ4v) is 4.84. The molecular formula is C13H13ClFNO2S2. The topological polar surface area (TPSA) is 37.4 Å². The summed E-state index contributed by atoms with van der Waals surface area (Å²) < 4.78 is 40.2. The fourth-order valence-electron chi connectivity index (χ4n) is 1.79. The highest BCUT2D eigenvalue weighted by Crippen LogP contribution is 2.29. The van der Waals surface area contributed by atoms with Gasteiger partial charge in [-0.3, -0.25) is 4.31 Å². The number of anilines is 1. The van der Waals surface area contributed by atoms with Crippen molar-refractivity contribution in [1.82, 2.24) is 0 Å². The van der Waals surface area contributed by atoms with Crippen molar-refractivity contribution < 1.29 is 12.8 Å². The van der Waals surface area contributed by atoms with Crippen LogP contribution >= 0.6 is 22.9 Å². The minimum atomic E-state index is -3.76. The van der Waals surface area contributed by atoms with Crippen LogP contribution in [0, 0.1) is 5.82 Å². The zero-order chi connectivity index (χ0) is 14.8. The van der Waals surface area contributed by atoms with Gasteiger partial charge in [0.2, 0.25) is 0 Å². The van der Waals surface area contributed by atoms with Gasteiger partial charge in [0.25, 0.3) is 10.0 Å². The molecule has 0 radical (unpaired) electrons. The van der Waals surface area contributed by atoms with E-state index < -0.39 is 15.8 Å². The molecule has 0 saturated heterocycles. The van der Waals surface area contributed by atoms with Gasteiger partial charge in [0.05, 0.1) is 5.69 Å². The summed E-state index contributed by atoms with van der Waals surface area (Å²) in [6.45, 7) is 1.82. The Balaban J connectivity index is 2.48. The van der Waals surface area contributed by atoms with Crippen molar-refractivity contribution in [2.75, 3.05) is 10.8 Å². The van der Waals surface area contributed by atoms with Gasteiger partial charge >= 0.3 is 0 Å². The molecule has 0 aliphatic rings. The third-order valence-corrected chi connectivity index (χ3v) is 6.40. The van der Waals surface area contributed by atoms with E-state index >= 15 is 0 Å². The summed E-state index contributed by atoms with van der Waals surface area (Å²) in [6, 6.07) is 7.35. The van der Waals surface area contributed by atoms with Crippen LogP contribution in [-0.4, -0.2) is 15.0 Å². The van der Waals surface area contributed by atoms with Gasteiger partial charge in [-0.25, -0.2) is 12.8 Å². The number of hydrogen-bond acceptors (Lipinski definition) is 3. The second-order valence-corrected chi connectivity index (χ2v) is 7.30. The van der Waals surface area contributed by atoms with Crippen LogP contribution in [0.4, 0.5) is 10.1 Å². The number of rotatable bonds is 5. The van der Waals surface area contributed by atoms with Crippen molar-refractivity contribution in [2.24, 2.45) is 0 Å². The molecule has 0 fully saturated rings. The number of alkyl halides is 1. The molecule has 0 spiro atoms. The zero-order valence-corrected chi connectivity index (χ0v) is 13.1. The van der Waals surface area contributed by atoms with Crippen LogP contribution in [0.3, 0.4) is 0 Å². The van der Waals surface area contributed by atoms with Crippen LogP contribution in [0.5, 0.6) is 0 Å². The van der Waals surface area contributed by atoms with Crippen LogP contribution < -0.4 is 4.31 Å². The van der Waals surface area contributed by atoms with Gasteiger partial charge in [-0.05, 0) is 36.1 Å². The molecule has 0 bridgehead atoms. The molecule has 0 amide bonds. The molecule has 2 aromatic rings. The van der Waals surface area contributed by atoms with Crippen molar-refractivity contribution in [3.8, 4) is 0 Å². The summed E-state index contributed by atoms with van der Waals surface area (Å²) in [6.07, 6.45) is 0. The van der Waals surface area contributed by atoms with E-state index in [-0.39, 0.29) is 22.3 Å². The Morgan fingerprint density at radius 3 is 2.60 bits per heavy atom. The second-order valence-electron chi connectivity index (χ2n) is 4.03. The van der Waals surface area contributed by atoms with Crippen molar-refractivity contribution in [2.45, 2.75) is 17.0 Å². The van der Waals surface area contributed by atoms with Gasteiger partial charge in [0.1, 0.15) is 10.0 Å². The first-order valence-electron chi connectivity index (χ1n) is 5.91. The number of benzene rings is 1. The Labute approximate surface area is 126 Å². The van der Waals surface area contributed by atoms with E-state index in [1.165, 1.54) is 24.3 Å². The average Bonchev–Trinajstić information content (AvgIpc) is 2.91. The summed E-state index contributed by atoms with van der Waals surface area (Å²) in [4.78, 5) is 0. The van der Waals surface area contributed by atoms with Crippen LogP contribution in [-0.2, 0) is 15.9 Å². The quantitative estimate of drug-likeness (QED) is 0.780. The predicted octanol–water partition coefficient (Wildman–Crippen LogP) is 3.84. The highest BCUT2D eigenvalue weighted by Gasteiger charge is 2.27. The monoisotopic (exact) mass is 333 g/mol. The molecule has 3 nitrogen and oxygen atoms in total. The van der Waals surface area contributed by atoms with E-state index in [0.29, 0.717) is 0 Å². The lowest BCUT2D eigenvalue weighted by molar-refractivity contribution is 0.588. The number of nitrogens with zero attached hydrogens (tertiary/aromatic N) is 1. The maximum atomic E-state index is 13.8. The van der Waals surface area contributed by atoms with E-state index in [2.05, 4.69) is 0 Å². The smallest absolute Gasteiger partial charge is 0.263 e. The van der Waals surface area contributed by atoms with E-state index in [0.717, 1.165) is 21.2 Å². The number of halogens is 2. The molecule has 1 aromatic carbocycles. The van der Waals surface area contributed by atoms with Crippen LogP contribution in [0.15, 0.2) is 39.9 Å². The largest absolute Gasteiger partial charge is 0.273 e. The maximum Gasteiger partial charge on any atom is 0.273 e. The van der Waals surface area contributed by atoms with Gasteiger partial charge in [0, 0.05) is 12.4 Å².